The minimum absolute atomic E-state index is 0.109. The number of anilines is 1. The first-order valence-electron chi connectivity index (χ1n) is 5.62. The van der Waals surface area contributed by atoms with Crippen LogP contribution in [0.2, 0.25) is 0 Å². The van der Waals surface area contributed by atoms with Gasteiger partial charge >= 0.3 is 0 Å². The Balaban J connectivity index is 2.23. The number of carbonyl (C=O) groups excluding carboxylic acids is 2. The molecular weight excluding hydrogens is 250 g/mol. The van der Waals surface area contributed by atoms with Gasteiger partial charge in [-0.15, -0.1) is 0 Å². The second kappa shape index (κ2) is 5.29. The molecule has 0 aliphatic carbocycles. The van der Waals surface area contributed by atoms with Crippen molar-refractivity contribution in [3.63, 3.8) is 0 Å². The van der Waals surface area contributed by atoms with Crippen molar-refractivity contribution in [2.24, 2.45) is 11.7 Å². The number of amides is 2. The van der Waals surface area contributed by atoms with Crippen molar-refractivity contribution in [1.82, 2.24) is 4.98 Å². The number of hydrogen-bond acceptors (Lipinski definition) is 5. The Hall–Kier alpha value is -1.71. The summed E-state index contributed by atoms with van der Waals surface area (Å²) in [7, 11) is 0. The van der Waals surface area contributed by atoms with E-state index in [9.17, 15) is 9.59 Å². The summed E-state index contributed by atoms with van der Waals surface area (Å²) < 4.78 is 0. The highest BCUT2D eigenvalue weighted by molar-refractivity contribution is 7.16. The standard InChI is InChI=1S/C12H13N3O2S/c1-8-5-10(16)15(11(17)6-8)12-14-7-9(18-12)3-2-4-13/h7-8H,4-6,13H2,1H3. The molecule has 6 heteroatoms. The Morgan fingerprint density at radius 3 is 2.78 bits per heavy atom. The molecule has 0 unspecified atom stereocenters. The topological polar surface area (TPSA) is 76.3 Å². The molecule has 1 saturated heterocycles. The number of hydrogen-bond donors (Lipinski definition) is 1. The van der Waals surface area contributed by atoms with Gasteiger partial charge in [-0.05, 0) is 5.92 Å². The number of nitrogens with two attached hydrogens (primary N) is 1. The summed E-state index contributed by atoms with van der Waals surface area (Å²) in [6.07, 6.45) is 2.32. The molecule has 0 spiro atoms. The van der Waals surface area contributed by atoms with Crippen molar-refractivity contribution >= 4 is 28.3 Å². The van der Waals surface area contributed by atoms with Gasteiger partial charge in [-0.3, -0.25) is 9.59 Å². The second-order valence-electron chi connectivity index (χ2n) is 4.15. The van der Waals surface area contributed by atoms with Gasteiger partial charge in [0, 0.05) is 12.8 Å². The monoisotopic (exact) mass is 263 g/mol. The molecule has 2 amide bonds. The number of imide groups is 1. The van der Waals surface area contributed by atoms with Gasteiger partial charge in [-0.2, -0.15) is 0 Å². The van der Waals surface area contributed by atoms with Crippen LogP contribution >= 0.6 is 11.3 Å². The first-order chi connectivity index (χ1) is 8.61. The van der Waals surface area contributed by atoms with Gasteiger partial charge in [0.2, 0.25) is 11.8 Å². The first kappa shape index (κ1) is 12.7. The van der Waals surface area contributed by atoms with E-state index in [1.54, 1.807) is 6.20 Å². The molecule has 2 rings (SSSR count). The van der Waals surface area contributed by atoms with Crippen LogP contribution in [-0.4, -0.2) is 23.3 Å². The SMILES string of the molecule is CC1CC(=O)N(c2ncc(C#CCN)s2)C(=O)C1. The van der Waals surface area contributed by atoms with Gasteiger partial charge in [-0.25, -0.2) is 9.88 Å². The maximum Gasteiger partial charge on any atom is 0.235 e. The Morgan fingerprint density at radius 2 is 2.17 bits per heavy atom. The van der Waals surface area contributed by atoms with Crippen LogP contribution in [0.3, 0.4) is 0 Å². The highest BCUT2D eigenvalue weighted by atomic mass is 32.1. The van der Waals surface area contributed by atoms with Crippen LogP contribution in [0.1, 0.15) is 24.6 Å². The van der Waals surface area contributed by atoms with Gasteiger partial charge in [-0.1, -0.05) is 30.1 Å². The van der Waals surface area contributed by atoms with Crippen LogP contribution < -0.4 is 10.6 Å². The van der Waals surface area contributed by atoms with Crippen LogP contribution in [-0.2, 0) is 9.59 Å². The maximum atomic E-state index is 11.9. The van der Waals surface area contributed by atoms with Crippen LogP contribution in [0, 0.1) is 17.8 Å². The molecule has 1 aliphatic heterocycles. The number of piperidine rings is 1. The summed E-state index contributed by atoms with van der Waals surface area (Å²) in [6, 6.07) is 0. The predicted molar refractivity (Wildman–Crippen MR) is 68.9 cm³/mol. The molecule has 0 saturated carbocycles. The summed E-state index contributed by atoms with van der Waals surface area (Å²) in [4.78, 5) is 29.7. The summed E-state index contributed by atoms with van der Waals surface area (Å²) in [6.45, 7) is 2.17. The van der Waals surface area contributed by atoms with Crippen LogP contribution in [0.4, 0.5) is 5.13 Å². The van der Waals surface area contributed by atoms with Gasteiger partial charge in [0.05, 0.1) is 17.6 Å². The third-order valence-corrected chi connectivity index (χ3v) is 3.44. The Labute approximate surface area is 109 Å². The molecule has 1 aromatic heterocycles. The quantitative estimate of drug-likeness (QED) is 0.599. The third kappa shape index (κ3) is 2.58. The lowest BCUT2D eigenvalue weighted by Crippen LogP contribution is -2.42. The lowest BCUT2D eigenvalue weighted by molar-refractivity contribution is -0.130. The minimum atomic E-state index is -0.188. The smallest absolute Gasteiger partial charge is 0.235 e. The highest BCUT2D eigenvalue weighted by Gasteiger charge is 2.33. The molecule has 2 N–H and O–H groups in total. The zero-order valence-corrected chi connectivity index (χ0v) is 10.8. The van der Waals surface area contributed by atoms with Crippen molar-refractivity contribution in [3.05, 3.63) is 11.1 Å². The normalized spacial score (nSPS) is 16.7. The zero-order valence-electron chi connectivity index (χ0n) is 9.97. The van der Waals surface area contributed by atoms with Crippen molar-refractivity contribution in [3.8, 4) is 11.8 Å². The van der Waals surface area contributed by atoms with Gasteiger partial charge in [0.15, 0.2) is 5.13 Å². The fraction of sp³-hybridized carbons (Fsp3) is 0.417. The zero-order chi connectivity index (χ0) is 13.1. The van der Waals surface area contributed by atoms with Crippen LogP contribution in [0.5, 0.6) is 0 Å². The van der Waals surface area contributed by atoms with E-state index in [1.807, 2.05) is 6.92 Å². The molecule has 94 valence electrons. The maximum absolute atomic E-state index is 11.9. The van der Waals surface area contributed by atoms with E-state index in [2.05, 4.69) is 16.8 Å². The molecule has 5 nitrogen and oxygen atoms in total. The Bertz CT molecular complexity index is 523. The number of rotatable bonds is 1. The van der Waals surface area contributed by atoms with E-state index in [0.29, 0.717) is 22.9 Å². The molecule has 0 bridgehead atoms. The summed E-state index contributed by atoms with van der Waals surface area (Å²) in [5.74, 6) is 5.28. The average molecular weight is 263 g/mol. The third-order valence-electron chi connectivity index (χ3n) is 2.54. The summed E-state index contributed by atoms with van der Waals surface area (Å²) in [5, 5.41) is 0.401. The van der Waals surface area contributed by atoms with E-state index in [1.165, 1.54) is 11.3 Å². The molecule has 1 aliphatic rings. The first-order valence-corrected chi connectivity index (χ1v) is 6.44. The summed E-state index contributed by atoms with van der Waals surface area (Å²) >= 11 is 1.23. The molecule has 1 fully saturated rings. The van der Waals surface area contributed by atoms with Gasteiger partial charge < -0.3 is 5.73 Å². The molecule has 0 aromatic carbocycles. The van der Waals surface area contributed by atoms with Crippen molar-refractivity contribution in [2.75, 3.05) is 11.4 Å². The molecule has 2 heterocycles. The van der Waals surface area contributed by atoms with E-state index in [0.717, 1.165) is 4.90 Å². The fourth-order valence-corrected chi connectivity index (χ4v) is 2.59. The van der Waals surface area contributed by atoms with E-state index < -0.39 is 0 Å². The summed E-state index contributed by atoms with van der Waals surface area (Å²) in [5.41, 5.74) is 5.28. The molecular formula is C12H13N3O2S. The highest BCUT2D eigenvalue weighted by Crippen LogP contribution is 2.28. The average Bonchev–Trinajstić information content (AvgIpc) is 2.73. The fourth-order valence-electron chi connectivity index (χ4n) is 1.77. The van der Waals surface area contributed by atoms with Gasteiger partial charge in [0.1, 0.15) is 0 Å². The van der Waals surface area contributed by atoms with Crippen molar-refractivity contribution < 1.29 is 9.59 Å². The van der Waals surface area contributed by atoms with Crippen LogP contribution in [0.15, 0.2) is 6.20 Å². The van der Waals surface area contributed by atoms with E-state index >= 15 is 0 Å². The van der Waals surface area contributed by atoms with E-state index in [-0.39, 0.29) is 24.3 Å². The second-order valence-corrected chi connectivity index (χ2v) is 5.16. The number of nitrogens with zero attached hydrogens (tertiary/aromatic N) is 2. The number of carbonyl (C=O) groups is 2. The van der Waals surface area contributed by atoms with Crippen molar-refractivity contribution in [2.45, 2.75) is 19.8 Å². The minimum Gasteiger partial charge on any atom is -0.320 e. The molecule has 0 radical (unpaired) electrons. The largest absolute Gasteiger partial charge is 0.320 e. The van der Waals surface area contributed by atoms with Gasteiger partial charge in [0.25, 0.3) is 0 Å². The Morgan fingerprint density at radius 1 is 1.50 bits per heavy atom. The van der Waals surface area contributed by atoms with E-state index in [4.69, 9.17) is 5.73 Å². The molecule has 1 aromatic rings. The number of thiazole rings is 1. The molecule has 18 heavy (non-hydrogen) atoms. The Kier molecular flexibility index (Phi) is 3.75. The van der Waals surface area contributed by atoms with Crippen LogP contribution in [0.25, 0.3) is 0 Å². The van der Waals surface area contributed by atoms with Crippen molar-refractivity contribution in [1.29, 1.82) is 0 Å². The lowest BCUT2D eigenvalue weighted by Gasteiger charge is -2.25. The molecule has 0 atom stereocenters. The lowest BCUT2D eigenvalue weighted by atomic mass is 9.98. The number of aromatic nitrogens is 1. The predicted octanol–water partition coefficient (Wildman–Crippen LogP) is 0.743.